The monoisotopic (exact) mass is 392 g/mol. The molecule has 1 aliphatic rings. The van der Waals surface area contributed by atoms with E-state index in [-0.39, 0.29) is 30.1 Å². The topological polar surface area (TPSA) is 49.4 Å². The Morgan fingerprint density at radius 2 is 1.86 bits per heavy atom. The van der Waals surface area contributed by atoms with Crippen LogP contribution in [0.5, 0.6) is 0 Å². The van der Waals surface area contributed by atoms with Gasteiger partial charge in [0.15, 0.2) is 0 Å². The van der Waals surface area contributed by atoms with Crippen LogP contribution in [0.15, 0.2) is 54.6 Å². The molecule has 0 spiro atoms. The fourth-order valence-corrected chi connectivity index (χ4v) is 3.47. The first-order valence-corrected chi connectivity index (χ1v) is 9.98. The van der Waals surface area contributed by atoms with Crippen LogP contribution in [0.4, 0.5) is 4.39 Å². The fraction of sp³-hybridized carbons (Fsp3) is 0.333. The van der Waals surface area contributed by atoms with Crippen LogP contribution in [0.25, 0.3) is 0 Å². The van der Waals surface area contributed by atoms with Gasteiger partial charge in [-0.2, -0.15) is 0 Å². The summed E-state index contributed by atoms with van der Waals surface area (Å²) in [4.78, 5) is 26.3. The normalized spacial score (nSPS) is 15.9. The molecule has 2 amide bonds. The lowest BCUT2D eigenvalue weighted by Crippen LogP contribution is -2.39. The number of likely N-dealkylation sites (tertiary alicyclic amines) is 1. The van der Waals surface area contributed by atoms with Crippen molar-refractivity contribution in [3.63, 3.8) is 0 Å². The number of halogens is 1. The van der Waals surface area contributed by atoms with Gasteiger partial charge in [0.05, 0.1) is 0 Å². The maximum Gasteiger partial charge on any atom is 0.298 e. The molecule has 0 saturated carbocycles. The van der Waals surface area contributed by atoms with Gasteiger partial charge in [-0.05, 0) is 43.4 Å². The molecule has 2 aromatic carbocycles. The number of amides is 2. The summed E-state index contributed by atoms with van der Waals surface area (Å²) in [6.45, 7) is 1.52. The number of benzene rings is 2. The van der Waals surface area contributed by atoms with Crippen LogP contribution in [0.1, 0.15) is 36.8 Å². The van der Waals surface area contributed by atoms with Crippen molar-refractivity contribution in [3.8, 4) is 11.8 Å². The lowest BCUT2D eigenvalue weighted by atomic mass is 9.93. The summed E-state index contributed by atoms with van der Waals surface area (Å²) in [6, 6.07) is 15.9. The van der Waals surface area contributed by atoms with Gasteiger partial charge in [0.2, 0.25) is 5.91 Å². The molecule has 1 saturated heterocycles. The molecule has 3 rings (SSSR count). The molecule has 1 N–H and O–H groups in total. The third-order valence-electron chi connectivity index (χ3n) is 5.11. The molecule has 1 aliphatic heterocycles. The average Bonchev–Trinajstić information content (AvgIpc) is 2.76. The predicted octanol–water partition coefficient (Wildman–Crippen LogP) is 3.51. The zero-order chi connectivity index (χ0) is 20.5. The highest BCUT2D eigenvalue weighted by Gasteiger charge is 2.23. The van der Waals surface area contributed by atoms with Gasteiger partial charge in [0.1, 0.15) is 5.82 Å². The Kier molecular flexibility index (Phi) is 7.40. The van der Waals surface area contributed by atoms with Crippen molar-refractivity contribution in [1.29, 1.82) is 0 Å². The van der Waals surface area contributed by atoms with Crippen LogP contribution in [-0.4, -0.2) is 29.8 Å². The van der Waals surface area contributed by atoms with Gasteiger partial charge >= 0.3 is 0 Å². The minimum Gasteiger partial charge on any atom is -0.352 e. The van der Waals surface area contributed by atoms with Crippen LogP contribution in [0.3, 0.4) is 0 Å². The van der Waals surface area contributed by atoms with Crippen LogP contribution in [0, 0.1) is 23.6 Å². The van der Waals surface area contributed by atoms with Crippen molar-refractivity contribution in [2.75, 3.05) is 13.1 Å². The lowest BCUT2D eigenvalue weighted by Gasteiger charge is -2.31. The molecular weight excluding hydrogens is 367 g/mol. The summed E-state index contributed by atoms with van der Waals surface area (Å²) >= 11 is 0. The van der Waals surface area contributed by atoms with Gasteiger partial charge in [0, 0.05) is 43.1 Å². The third-order valence-corrected chi connectivity index (χ3v) is 5.11. The molecule has 0 bridgehead atoms. The van der Waals surface area contributed by atoms with Gasteiger partial charge in [0.25, 0.3) is 5.91 Å². The second-order valence-corrected chi connectivity index (χ2v) is 7.28. The van der Waals surface area contributed by atoms with Gasteiger partial charge in [-0.1, -0.05) is 42.3 Å². The van der Waals surface area contributed by atoms with E-state index in [4.69, 9.17) is 0 Å². The number of nitrogens with zero attached hydrogens (tertiary/aromatic N) is 1. The number of hydrogen-bond donors (Lipinski definition) is 1. The number of rotatable bonds is 5. The molecule has 1 fully saturated rings. The fourth-order valence-electron chi connectivity index (χ4n) is 3.47. The summed E-state index contributed by atoms with van der Waals surface area (Å²) in [5, 5.41) is 2.77. The van der Waals surface area contributed by atoms with Crippen molar-refractivity contribution in [1.82, 2.24) is 10.2 Å². The summed E-state index contributed by atoms with van der Waals surface area (Å²) in [5.74, 6) is 5.34. The van der Waals surface area contributed by atoms with Crippen LogP contribution in [-0.2, 0) is 16.1 Å². The summed E-state index contributed by atoms with van der Waals surface area (Å²) < 4.78 is 13.6. The number of carbonyl (C=O) groups excluding carboxylic acids is 2. The molecular formula is C24H25FN2O2. The van der Waals surface area contributed by atoms with Crippen molar-refractivity contribution >= 4 is 11.8 Å². The highest BCUT2D eigenvalue weighted by Crippen LogP contribution is 2.21. The maximum absolute atomic E-state index is 13.6. The second-order valence-electron chi connectivity index (χ2n) is 7.28. The zero-order valence-electron chi connectivity index (χ0n) is 16.4. The van der Waals surface area contributed by atoms with E-state index in [0.29, 0.717) is 31.5 Å². The Balaban J connectivity index is 1.43. The van der Waals surface area contributed by atoms with Crippen LogP contribution in [0.2, 0.25) is 0 Å². The van der Waals surface area contributed by atoms with Gasteiger partial charge in [-0.25, -0.2) is 4.39 Å². The lowest BCUT2D eigenvalue weighted by molar-refractivity contribution is -0.126. The van der Waals surface area contributed by atoms with E-state index < -0.39 is 0 Å². The minimum atomic E-state index is -0.314. The number of carbonyl (C=O) groups is 2. The van der Waals surface area contributed by atoms with E-state index in [1.165, 1.54) is 6.07 Å². The molecule has 1 atom stereocenters. The van der Waals surface area contributed by atoms with E-state index in [1.807, 2.05) is 30.3 Å². The van der Waals surface area contributed by atoms with Gasteiger partial charge in [-0.15, -0.1) is 0 Å². The smallest absolute Gasteiger partial charge is 0.298 e. The Bertz CT molecular complexity index is 902. The molecule has 150 valence electrons. The highest BCUT2D eigenvalue weighted by molar-refractivity contribution is 5.94. The number of piperidine rings is 1. The van der Waals surface area contributed by atoms with Gasteiger partial charge < -0.3 is 10.2 Å². The first-order valence-electron chi connectivity index (χ1n) is 9.98. The van der Waals surface area contributed by atoms with Crippen LogP contribution < -0.4 is 5.32 Å². The molecule has 0 radical (unpaired) electrons. The quantitative estimate of drug-likeness (QED) is 0.792. The first kappa shape index (κ1) is 20.6. The van der Waals surface area contributed by atoms with Crippen molar-refractivity contribution in [2.24, 2.45) is 5.92 Å². The van der Waals surface area contributed by atoms with E-state index in [1.54, 1.807) is 23.1 Å². The average molecular weight is 392 g/mol. The summed E-state index contributed by atoms with van der Waals surface area (Å²) in [5.41, 5.74) is 1.30. The summed E-state index contributed by atoms with van der Waals surface area (Å²) in [7, 11) is 0. The van der Waals surface area contributed by atoms with Crippen molar-refractivity contribution in [2.45, 2.75) is 32.2 Å². The third kappa shape index (κ3) is 6.46. The first-order chi connectivity index (χ1) is 14.1. The predicted molar refractivity (Wildman–Crippen MR) is 110 cm³/mol. The SMILES string of the molecule is O=C(CCC1CCCN(C(=O)C#Cc2ccccc2)C1)NCc1ccccc1F. The largest absolute Gasteiger partial charge is 0.352 e. The summed E-state index contributed by atoms with van der Waals surface area (Å²) in [6.07, 6.45) is 2.99. The zero-order valence-corrected chi connectivity index (χ0v) is 16.4. The Morgan fingerprint density at radius 3 is 2.66 bits per heavy atom. The Hall–Kier alpha value is -3.13. The molecule has 29 heavy (non-hydrogen) atoms. The molecule has 2 aromatic rings. The molecule has 4 nitrogen and oxygen atoms in total. The number of hydrogen-bond acceptors (Lipinski definition) is 2. The number of nitrogens with one attached hydrogen (secondary N) is 1. The van der Waals surface area contributed by atoms with Crippen molar-refractivity contribution < 1.29 is 14.0 Å². The Morgan fingerprint density at radius 1 is 1.10 bits per heavy atom. The Labute approximate surface area is 171 Å². The van der Waals surface area contributed by atoms with E-state index in [0.717, 1.165) is 18.4 Å². The van der Waals surface area contributed by atoms with Gasteiger partial charge in [-0.3, -0.25) is 9.59 Å². The molecule has 1 unspecified atom stereocenters. The highest BCUT2D eigenvalue weighted by atomic mass is 19.1. The molecule has 5 heteroatoms. The standard InChI is InChI=1S/C24H25FN2O2/c25-22-11-5-4-10-21(22)17-26-23(28)14-12-20-9-6-16-27(18-20)24(29)15-13-19-7-2-1-3-8-19/h1-5,7-8,10-11,20H,6,9,12,14,16-18H2,(H,26,28). The molecule has 0 aliphatic carbocycles. The van der Waals surface area contributed by atoms with E-state index in [2.05, 4.69) is 17.2 Å². The second kappa shape index (κ2) is 10.4. The molecule has 0 aromatic heterocycles. The maximum atomic E-state index is 13.6. The van der Waals surface area contributed by atoms with Crippen molar-refractivity contribution in [3.05, 3.63) is 71.5 Å². The van der Waals surface area contributed by atoms with E-state index >= 15 is 0 Å². The molecule has 1 heterocycles. The minimum absolute atomic E-state index is 0.0967. The van der Waals surface area contributed by atoms with E-state index in [9.17, 15) is 14.0 Å². The van der Waals surface area contributed by atoms with Crippen LogP contribution >= 0.6 is 0 Å².